The van der Waals surface area contributed by atoms with E-state index in [1.54, 1.807) is 32.5 Å². The zero-order valence-electron chi connectivity index (χ0n) is 18.3. The number of hydrogen-bond donors (Lipinski definition) is 0. The summed E-state index contributed by atoms with van der Waals surface area (Å²) < 4.78 is 10.2. The fraction of sp³-hybridized carbons (Fsp3) is 0.500. The summed E-state index contributed by atoms with van der Waals surface area (Å²) in [5, 5.41) is 0. The Balaban J connectivity index is 1.45. The van der Waals surface area contributed by atoms with Crippen LogP contribution in [0.1, 0.15) is 34.3 Å². The fourth-order valence-electron chi connectivity index (χ4n) is 3.90. The van der Waals surface area contributed by atoms with Crippen LogP contribution in [0.15, 0.2) is 42.6 Å². The first kappa shape index (κ1) is 22.2. The van der Waals surface area contributed by atoms with E-state index in [2.05, 4.69) is 41.2 Å². The fourth-order valence-corrected chi connectivity index (χ4v) is 3.90. The Kier molecular flexibility index (Phi) is 8.22. The van der Waals surface area contributed by atoms with Gasteiger partial charge >= 0.3 is 0 Å². The maximum atomic E-state index is 12.7. The van der Waals surface area contributed by atoms with Gasteiger partial charge in [-0.1, -0.05) is 24.3 Å². The normalized spacial score (nSPS) is 14.9. The summed E-state index contributed by atoms with van der Waals surface area (Å²) in [7, 11) is 5.42. The maximum absolute atomic E-state index is 12.7. The number of ether oxygens (including phenoxy) is 2. The van der Waals surface area contributed by atoms with Crippen LogP contribution in [-0.4, -0.2) is 68.2 Å². The van der Waals surface area contributed by atoms with Gasteiger partial charge in [0.2, 0.25) is 5.88 Å². The lowest BCUT2D eigenvalue weighted by Gasteiger charge is -2.32. The molecule has 1 aromatic carbocycles. The molecule has 6 heteroatoms. The van der Waals surface area contributed by atoms with Crippen molar-refractivity contribution in [1.29, 1.82) is 0 Å². The predicted octanol–water partition coefficient (Wildman–Crippen LogP) is 3.26. The summed E-state index contributed by atoms with van der Waals surface area (Å²) in [6.07, 6.45) is 4.75. The molecule has 0 bridgehead atoms. The van der Waals surface area contributed by atoms with Gasteiger partial charge in [-0.15, -0.1) is 0 Å². The highest BCUT2D eigenvalue weighted by molar-refractivity contribution is 5.94. The highest BCUT2D eigenvalue weighted by Crippen LogP contribution is 2.23. The minimum absolute atomic E-state index is 0.0607. The van der Waals surface area contributed by atoms with Crippen molar-refractivity contribution in [3.63, 3.8) is 0 Å². The number of nitrogens with zero attached hydrogens (tertiary/aromatic N) is 3. The summed E-state index contributed by atoms with van der Waals surface area (Å²) in [4.78, 5) is 21.0. The van der Waals surface area contributed by atoms with Crippen molar-refractivity contribution < 1.29 is 14.3 Å². The molecule has 1 aliphatic heterocycles. The van der Waals surface area contributed by atoms with Gasteiger partial charge in [0.25, 0.3) is 5.91 Å². The number of likely N-dealkylation sites (tertiary alicyclic amines) is 1. The van der Waals surface area contributed by atoms with E-state index in [1.807, 2.05) is 4.90 Å². The van der Waals surface area contributed by atoms with Crippen LogP contribution in [0.4, 0.5) is 0 Å². The maximum Gasteiger partial charge on any atom is 0.255 e. The lowest BCUT2D eigenvalue weighted by Crippen LogP contribution is -2.38. The third-order valence-electron chi connectivity index (χ3n) is 5.77. The van der Waals surface area contributed by atoms with Crippen molar-refractivity contribution >= 4 is 5.91 Å². The van der Waals surface area contributed by atoms with E-state index in [-0.39, 0.29) is 5.91 Å². The number of hydrogen-bond acceptors (Lipinski definition) is 5. The number of rotatable bonds is 9. The topological polar surface area (TPSA) is 54.9 Å². The molecule has 6 nitrogen and oxygen atoms in total. The van der Waals surface area contributed by atoms with Crippen molar-refractivity contribution in [2.24, 2.45) is 5.92 Å². The molecule has 1 amide bonds. The number of pyridine rings is 1. The first-order valence-electron chi connectivity index (χ1n) is 10.6. The van der Waals surface area contributed by atoms with Gasteiger partial charge in [-0.05, 0) is 49.4 Å². The zero-order chi connectivity index (χ0) is 21.3. The van der Waals surface area contributed by atoms with Crippen molar-refractivity contribution in [2.45, 2.75) is 25.8 Å². The molecule has 0 spiro atoms. The van der Waals surface area contributed by atoms with Crippen LogP contribution in [0, 0.1) is 5.92 Å². The molecule has 1 fully saturated rings. The number of piperidine rings is 1. The van der Waals surface area contributed by atoms with E-state index >= 15 is 0 Å². The Morgan fingerprint density at radius 3 is 2.40 bits per heavy atom. The molecule has 30 heavy (non-hydrogen) atoms. The van der Waals surface area contributed by atoms with Crippen LogP contribution < -0.4 is 4.74 Å². The highest BCUT2D eigenvalue weighted by Gasteiger charge is 2.24. The Morgan fingerprint density at radius 1 is 1.10 bits per heavy atom. The third-order valence-corrected chi connectivity index (χ3v) is 5.77. The van der Waals surface area contributed by atoms with Gasteiger partial charge in [-0.2, -0.15) is 0 Å². The molecule has 2 heterocycles. The molecular formula is C24H33N3O3. The predicted molar refractivity (Wildman–Crippen MR) is 118 cm³/mol. The molecule has 1 aromatic heterocycles. The monoisotopic (exact) mass is 411 g/mol. The summed E-state index contributed by atoms with van der Waals surface area (Å²) in [6.45, 7) is 4.23. The number of benzene rings is 1. The lowest BCUT2D eigenvalue weighted by molar-refractivity contribution is 0.0690. The largest absolute Gasteiger partial charge is 0.481 e. The molecule has 1 aliphatic rings. The average Bonchev–Trinajstić information content (AvgIpc) is 2.79. The standard InChI is InChI=1S/C24H33N3O3/c1-26(14-15-29-2)18-21-6-4-19(5-7-21)16-20-10-12-27(13-11-20)24(28)22-8-9-23(30-3)25-17-22/h4-9,17,20H,10-16,18H2,1-3H3. The van der Waals surface area contributed by atoms with Gasteiger partial charge in [0.1, 0.15) is 0 Å². The minimum atomic E-state index is 0.0607. The summed E-state index contributed by atoms with van der Waals surface area (Å²) in [6, 6.07) is 12.5. The number of likely N-dealkylation sites (N-methyl/N-ethyl adjacent to an activating group) is 1. The SMILES string of the molecule is COCCN(C)Cc1ccc(CC2CCN(C(=O)c3ccc(OC)nc3)CC2)cc1. The Labute approximate surface area is 179 Å². The molecule has 0 unspecified atom stereocenters. The van der Waals surface area contributed by atoms with Gasteiger partial charge < -0.3 is 14.4 Å². The summed E-state index contributed by atoms with van der Waals surface area (Å²) in [5.74, 6) is 1.21. The highest BCUT2D eigenvalue weighted by atomic mass is 16.5. The number of aromatic nitrogens is 1. The van der Waals surface area contributed by atoms with E-state index in [1.165, 1.54) is 11.1 Å². The zero-order valence-corrected chi connectivity index (χ0v) is 18.3. The van der Waals surface area contributed by atoms with Crippen molar-refractivity contribution in [3.05, 3.63) is 59.3 Å². The Hall–Kier alpha value is -2.44. The van der Waals surface area contributed by atoms with Crippen molar-refractivity contribution in [3.8, 4) is 5.88 Å². The van der Waals surface area contributed by atoms with Gasteiger partial charge in [-0.3, -0.25) is 9.69 Å². The van der Waals surface area contributed by atoms with Crippen LogP contribution in [0.25, 0.3) is 0 Å². The number of carbonyl (C=O) groups is 1. The van der Waals surface area contributed by atoms with Crippen LogP contribution in [0.2, 0.25) is 0 Å². The molecule has 162 valence electrons. The van der Waals surface area contributed by atoms with Gasteiger partial charge in [0.05, 0.1) is 19.3 Å². The molecule has 0 aliphatic carbocycles. The molecule has 1 saturated heterocycles. The van der Waals surface area contributed by atoms with E-state index in [0.717, 1.165) is 52.0 Å². The molecule has 3 rings (SSSR count). The Bertz CT molecular complexity index is 784. The van der Waals surface area contributed by atoms with Crippen LogP contribution in [0.5, 0.6) is 5.88 Å². The summed E-state index contributed by atoms with van der Waals surface area (Å²) >= 11 is 0. The average molecular weight is 412 g/mol. The molecule has 0 N–H and O–H groups in total. The van der Waals surface area contributed by atoms with Crippen LogP contribution in [0.3, 0.4) is 0 Å². The molecule has 0 radical (unpaired) electrons. The van der Waals surface area contributed by atoms with Gasteiger partial charge in [0, 0.05) is 45.6 Å². The quantitative estimate of drug-likeness (QED) is 0.634. The van der Waals surface area contributed by atoms with E-state index in [9.17, 15) is 4.79 Å². The number of methoxy groups -OCH3 is 2. The van der Waals surface area contributed by atoms with E-state index in [0.29, 0.717) is 17.4 Å². The van der Waals surface area contributed by atoms with Gasteiger partial charge in [-0.25, -0.2) is 4.98 Å². The third kappa shape index (κ3) is 6.28. The Morgan fingerprint density at radius 2 is 1.80 bits per heavy atom. The molecule has 0 atom stereocenters. The number of carbonyl (C=O) groups excluding carboxylic acids is 1. The first-order chi connectivity index (χ1) is 14.6. The minimum Gasteiger partial charge on any atom is -0.481 e. The lowest BCUT2D eigenvalue weighted by atomic mass is 9.89. The summed E-state index contributed by atoms with van der Waals surface area (Å²) in [5.41, 5.74) is 3.33. The smallest absolute Gasteiger partial charge is 0.255 e. The molecule has 2 aromatic rings. The molecule has 0 saturated carbocycles. The van der Waals surface area contributed by atoms with Gasteiger partial charge in [0.15, 0.2) is 0 Å². The van der Waals surface area contributed by atoms with Crippen molar-refractivity contribution in [2.75, 3.05) is 47.5 Å². The van der Waals surface area contributed by atoms with Crippen LogP contribution >= 0.6 is 0 Å². The van der Waals surface area contributed by atoms with Crippen LogP contribution in [-0.2, 0) is 17.7 Å². The van der Waals surface area contributed by atoms with E-state index < -0.39 is 0 Å². The molecular weight excluding hydrogens is 378 g/mol. The van der Waals surface area contributed by atoms with Crippen molar-refractivity contribution in [1.82, 2.24) is 14.8 Å². The first-order valence-corrected chi connectivity index (χ1v) is 10.6. The number of amides is 1. The second-order valence-electron chi connectivity index (χ2n) is 8.08. The second kappa shape index (κ2) is 11.1. The van der Waals surface area contributed by atoms with E-state index in [4.69, 9.17) is 9.47 Å². The second-order valence-corrected chi connectivity index (χ2v) is 8.08.